The number of nitrogens with one attached hydrogen (secondary N) is 1. The van der Waals surface area contributed by atoms with Crippen LogP contribution >= 0.6 is 11.3 Å². The number of halogens is 1. The fraction of sp³-hybridized carbons (Fsp3) is 0.471. The summed E-state index contributed by atoms with van der Waals surface area (Å²) in [4.78, 5) is 48.2. The molecule has 11 heteroatoms. The van der Waals surface area contributed by atoms with E-state index in [1.54, 1.807) is 29.3 Å². The van der Waals surface area contributed by atoms with E-state index in [9.17, 15) is 14.4 Å². The summed E-state index contributed by atoms with van der Waals surface area (Å²) in [6.45, 7) is 4.11. The average Bonchev–Trinajstić information content (AvgIpc) is 3.74. The molecule has 2 amide bonds. The molecule has 3 aromatic heterocycles. The van der Waals surface area contributed by atoms with Crippen LogP contribution in [-0.2, 0) is 12.0 Å². The van der Waals surface area contributed by atoms with Gasteiger partial charge in [-0.15, -0.1) is 11.3 Å². The van der Waals surface area contributed by atoms with Crippen molar-refractivity contribution in [2.45, 2.75) is 57.4 Å². The van der Waals surface area contributed by atoms with Crippen molar-refractivity contribution in [1.82, 2.24) is 14.5 Å². The Morgan fingerprint density at radius 1 is 1.09 bits per heavy atom. The van der Waals surface area contributed by atoms with Crippen molar-refractivity contribution in [2.24, 2.45) is 17.8 Å². The SMILES string of the molecule is CCn1cc(C(=O)Nc2nc(C34CC5CC(CC(C5)C3)C4)cs2)c(=O)c2cc(F)c(N3CCN(C(=O)c4ccco4)CC3)cc21. The van der Waals surface area contributed by atoms with Gasteiger partial charge in [0.25, 0.3) is 11.8 Å². The number of anilines is 2. The van der Waals surface area contributed by atoms with E-state index >= 15 is 4.39 Å². The van der Waals surface area contributed by atoms with Crippen molar-refractivity contribution >= 4 is 44.9 Å². The highest BCUT2D eigenvalue weighted by Crippen LogP contribution is 2.60. The number of hydrogen-bond acceptors (Lipinski definition) is 7. The minimum atomic E-state index is -0.536. The Kier molecular flexibility index (Phi) is 6.85. The second-order valence-electron chi connectivity index (χ2n) is 13.4. The number of benzene rings is 1. The zero-order chi connectivity index (χ0) is 30.9. The summed E-state index contributed by atoms with van der Waals surface area (Å²) < 4.78 is 22.7. The largest absolute Gasteiger partial charge is 0.459 e. The van der Waals surface area contributed by atoms with Crippen molar-refractivity contribution in [1.29, 1.82) is 0 Å². The molecule has 1 N–H and O–H groups in total. The first-order valence-corrected chi connectivity index (χ1v) is 16.9. The lowest BCUT2D eigenvalue weighted by molar-refractivity contribution is -0.00688. The second-order valence-corrected chi connectivity index (χ2v) is 14.3. The smallest absolute Gasteiger partial charge is 0.289 e. The number of furan rings is 1. The Morgan fingerprint density at radius 3 is 2.44 bits per heavy atom. The molecule has 1 aromatic carbocycles. The molecule has 4 saturated carbocycles. The lowest BCUT2D eigenvalue weighted by Crippen LogP contribution is -2.49. The lowest BCUT2D eigenvalue weighted by atomic mass is 9.49. The fourth-order valence-electron chi connectivity index (χ4n) is 8.94. The number of carbonyl (C=O) groups excluding carboxylic acids is 2. The van der Waals surface area contributed by atoms with Crippen molar-refractivity contribution < 1.29 is 18.4 Å². The van der Waals surface area contributed by atoms with E-state index in [0.717, 1.165) is 23.4 Å². The van der Waals surface area contributed by atoms with Crippen LogP contribution in [-0.4, -0.2) is 52.4 Å². The maximum atomic E-state index is 15.6. The fourth-order valence-corrected chi connectivity index (χ4v) is 9.76. The van der Waals surface area contributed by atoms with E-state index in [2.05, 4.69) is 10.7 Å². The Hall–Kier alpha value is -3.99. The van der Waals surface area contributed by atoms with E-state index < -0.39 is 17.2 Å². The van der Waals surface area contributed by atoms with E-state index in [4.69, 9.17) is 9.40 Å². The number of fused-ring (bicyclic) bond motifs is 1. The van der Waals surface area contributed by atoms with Gasteiger partial charge in [0.1, 0.15) is 11.4 Å². The van der Waals surface area contributed by atoms with Crippen molar-refractivity contribution in [3.05, 3.63) is 75.2 Å². The molecular weight excluding hydrogens is 593 g/mol. The molecule has 45 heavy (non-hydrogen) atoms. The van der Waals surface area contributed by atoms with Crippen molar-refractivity contribution in [3.8, 4) is 0 Å². The number of amides is 2. The number of rotatable bonds is 6. The van der Waals surface area contributed by atoms with Crippen LogP contribution in [0.4, 0.5) is 15.2 Å². The van der Waals surface area contributed by atoms with Crippen LogP contribution in [0.3, 0.4) is 0 Å². The highest BCUT2D eigenvalue weighted by Gasteiger charge is 2.52. The van der Waals surface area contributed by atoms with Crippen LogP contribution in [0, 0.1) is 23.6 Å². The van der Waals surface area contributed by atoms with E-state index in [0.29, 0.717) is 49.1 Å². The maximum absolute atomic E-state index is 15.6. The number of pyridine rings is 1. The molecule has 1 saturated heterocycles. The highest BCUT2D eigenvalue weighted by molar-refractivity contribution is 7.14. The second kappa shape index (κ2) is 10.8. The summed E-state index contributed by atoms with van der Waals surface area (Å²) in [5, 5.41) is 5.63. The molecule has 0 radical (unpaired) electrons. The molecule has 9 rings (SSSR count). The van der Waals surface area contributed by atoms with Gasteiger partial charge in [-0.2, -0.15) is 0 Å². The molecule has 4 aliphatic carbocycles. The number of aryl methyl sites for hydroxylation is 1. The predicted octanol–water partition coefficient (Wildman–Crippen LogP) is 5.89. The van der Waals surface area contributed by atoms with Crippen LogP contribution in [0.5, 0.6) is 0 Å². The molecule has 5 aliphatic rings. The van der Waals surface area contributed by atoms with Crippen molar-refractivity contribution in [3.63, 3.8) is 0 Å². The number of piperazine rings is 1. The quantitative estimate of drug-likeness (QED) is 0.286. The van der Waals surface area contributed by atoms with Crippen LogP contribution in [0.25, 0.3) is 10.9 Å². The van der Waals surface area contributed by atoms with Gasteiger partial charge in [-0.25, -0.2) is 9.37 Å². The van der Waals surface area contributed by atoms with Crippen molar-refractivity contribution in [2.75, 3.05) is 36.4 Å². The van der Waals surface area contributed by atoms with E-state index in [-0.39, 0.29) is 28.0 Å². The normalized spacial score (nSPS) is 25.7. The first-order chi connectivity index (χ1) is 21.8. The van der Waals surface area contributed by atoms with Crippen LogP contribution < -0.4 is 15.6 Å². The molecule has 0 unspecified atom stereocenters. The Balaban J connectivity index is 1.02. The summed E-state index contributed by atoms with van der Waals surface area (Å²) in [6, 6.07) is 6.23. The average molecular weight is 630 g/mol. The summed E-state index contributed by atoms with van der Waals surface area (Å²) in [6.07, 6.45) is 10.7. The topological polar surface area (TPSA) is 101 Å². The van der Waals surface area contributed by atoms with Gasteiger partial charge in [0.2, 0.25) is 5.43 Å². The molecule has 0 atom stereocenters. The highest BCUT2D eigenvalue weighted by atomic mass is 32.1. The molecule has 4 heterocycles. The zero-order valence-electron chi connectivity index (χ0n) is 25.3. The third-order valence-electron chi connectivity index (χ3n) is 10.7. The first kappa shape index (κ1) is 28.5. The minimum absolute atomic E-state index is 0.0342. The molecule has 4 aromatic rings. The van der Waals surface area contributed by atoms with Crippen LogP contribution in [0.15, 0.2) is 51.3 Å². The number of hydrogen-bond donors (Lipinski definition) is 1. The van der Waals surface area contributed by atoms with Crippen LogP contribution in [0.2, 0.25) is 0 Å². The summed E-state index contributed by atoms with van der Waals surface area (Å²) >= 11 is 1.41. The monoisotopic (exact) mass is 629 g/mol. The summed E-state index contributed by atoms with van der Waals surface area (Å²) in [5.41, 5.74) is 1.60. The third kappa shape index (κ3) is 4.86. The predicted molar refractivity (Wildman–Crippen MR) is 171 cm³/mol. The zero-order valence-corrected chi connectivity index (χ0v) is 26.1. The molecule has 5 fully saturated rings. The Labute approximate surface area is 264 Å². The van der Waals surface area contributed by atoms with Gasteiger partial charge < -0.3 is 18.8 Å². The van der Waals surface area contributed by atoms with E-state index in [1.807, 2.05) is 16.4 Å². The van der Waals surface area contributed by atoms with E-state index in [1.165, 1.54) is 62.2 Å². The van der Waals surface area contributed by atoms with Gasteiger partial charge in [-0.1, -0.05) is 0 Å². The first-order valence-electron chi connectivity index (χ1n) is 16.0. The third-order valence-corrected chi connectivity index (χ3v) is 11.4. The van der Waals surface area contributed by atoms with Gasteiger partial charge >= 0.3 is 0 Å². The number of nitrogens with zero attached hydrogens (tertiary/aromatic N) is 4. The number of thiazole rings is 1. The molecule has 234 valence electrons. The number of carbonyl (C=O) groups is 2. The lowest BCUT2D eigenvalue weighted by Gasteiger charge is -2.56. The molecule has 1 aliphatic heterocycles. The summed E-state index contributed by atoms with van der Waals surface area (Å²) in [5.74, 6) is 1.41. The Morgan fingerprint density at radius 2 is 1.80 bits per heavy atom. The molecule has 4 bridgehead atoms. The van der Waals surface area contributed by atoms with Crippen LogP contribution in [0.1, 0.15) is 72.1 Å². The number of aromatic nitrogens is 2. The van der Waals surface area contributed by atoms with Gasteiger partial charge in [-0.3, -0.25) is 19.7 Å². The molecular formula is C34H36FN5O4S. The standard InChI is InChI=1S/C34H36FN5O4S/c1-2-38-18-24(31(42)37-33-36-29(19-45-33)34-15-20-10-21(16-34)12-22(11-20)17-34)30(41)23-13-25(35)27(14-26(23)38)39-5-7-40(8-6-39)32(43)28-4-3-9-44-28/h3-4,9,13-14,18-22H,2,5-8,10-12,15-17H2,1H3,(H,36,37,42). The maximum Gasteiger partial charge on any atom is 0.289 e. The summed E-state index contributed by atoms with van der Waals surface area (Å²) in [7, 11) is 0. The van der Waals surface area contributed by atoms with Gasteiger partial charge in [-0.05, 0) is 87.5 Å². The molecule has 0 spiro atoms. The molecule has 9 nitrogen and oxygen atoms in total. The van der Waals surface area contributed by atoms with Gasteiger partial charge in [0.15, 0.2) is 10.9 Å². The Bertz CT molecular complexity index is 1820. The van der Waals surface area contributed by atoms with Gasteiger partial charge in [0, 0.05) is 55.1 Å². The van der Waals surface area contributed by atoms with Gasteiger partial charge in [0.05, 0.1) is 23.2 Å². The minimum Gasteiger partial charge on any atom is -0.459 e.